The average molecular weight is 293 g/mol. The third-order valence-corrected chi connectivity index (χ3v) is 2.41. The molecule has 19 heavy (non-hydrogen) atoms. The minimum Gasteiger partial charge on any atom is -0.480 e. The van der Waals surface area contributed by atoms with Gasteiger partial charge in [-0.1, -0.05) is 16.8 Å². The maximum atomic E-state index is 11.5. The summed E-state index contributed by atoms with van der Waals surface area (Å²) in [6.07, 6.45) is -0.844. The van der Waals surface area contributed by atoms with Crippen LogP contribution in [0.25, 0.3) is 0 Å². The summed E-state index contributed by atoms with van der Waals surface area (Å²) in [7, 11) is 0. The Bertz CT molecular complexity index is 391. The van der Waals surface area contributed by atoms with Crippen LogP contribution in [-0.4, -0.2) is 40.1 Å². The van der Waals surface area contributed by atoms with Crippen molar-refractivity contribution in [3.63, 3.8) is 0 Å². The Hall–Kier alpha value is -1.50. The number of carbonyl (C=O) groups is 2. The van der Waals surface area contributed by atoms with E-state index in [9.17, 15) is 9.59 Å². The molecule has 0 saturated carbocycles. The molecule has 0 spiro atoms. The molecule has 2 N–H and O–H groups in total. The van der Waals surface area contributed by atoms with Crippen LogP contribution in [0.2, 0.25) is 0 Å². The number of carbonyl (C=O) groups excluding carboxylic acids is 1. The lowest BCUT2D eigenvalue weighted by molar-refractivity contribution is -0.140. The number of aliphatic carboxylic acids is 1. The van der Waals surface area contributed by atoms with Gasteiger partial charge in [0, 0.05) is 12.8 Å². The minimum absolute atomic E-state index is 0.0638. The van der Waals surface area contributed by atoms with Gasteiger partial charge in [0.15, 0.2) is 0 Å². The largest absolute Gasteiger partial charge is 0.480 e. The van der Waals surface area contributed by atoms with Gasteiger partial charge in [-0.3, -0.25) is 0 Å². The first-order valence-electron chi connectivity index (χ1n) is 5.78. The lowest BCUT2D eigenvalue weighted by Gasteiger charge is -2.22. The zero-order valence-electron chi connectivity index (χ0n) is 11.0. The summed E-state index contributed by atoms with van der Waals surface area (Å²) in [5, 5.41) is 15.1. The molecular weight excluding hydrogens is 276 g/mol. The van der Waals surface area contributed by atoms with Gasteiger partial charge in [0.25, 0.3) is 0 Å². The van der Waals surface area contributed by atoms with Gasteiger partial charge < -0.3 is 20.0 Å². The van der Waals surface area contributed by atoms with Gasteiger partial charge >= 0.3 is 12.1 Å². The topological polar surface area (TPSA) is 97.2 Å². The second-order valence-electron chi connectivity index (χ2n) is 5.17. The number of halogens is 1. The summed E-state index contributed by atoms with van der Waals surface area (Å²) in [6.45, 7) is 5.07. The number of nitrogens with zero attached hydrogens (tertiary/aromatic N) is 1. The zero-order valence-corrected chi connectivity index (χ0v) is 11.7. The van der Waals surface area contributed by atoms with E-state index < -0.39 is 29.8 Å². The van der Waals surface area contributed by atoms with E-state index in [0.29, 0.717) is 6.42 Å². The van der Waals surface area contributed by atoms with E-state index in [1.165, 1.54) is 0 Å². The Morgan fingerprint density at radius 2 is 2.26 bits per heavy atom. The van der Waals surface area contributed by atoms with Gasteiger partial charge in [0.05, 0.1) is 0 Å². The van der Waals surface area contributed by atoms with Crippen molar-refractivity contribution >= 4 is 28.8 Å². The Balaban J connectivity index is 2.50. The second-order valence-corrected chi connectivity index (χ2v) is 5.61. The van der Waals surface area contributed by atoms with Gasteiger partial charge in [-0.2, -0.15) is 0 Å². The van der Waals surface area contributed by atoms with E-state index in [1.54, 1.807) is 20.8 Å². The van der Waals surface area contributed by atoms with Crippen molar-refractivity contribution in [1.82, 2.24) is 5.32 Å². The quantitative estimate of drug-likeness (QED) is 0.822. The molecule has 0 fully saturated rings. The summed E-state index contributed by atoms with van der Waals surface area (Å²) in [5.74, 6) is -1.17. The van der Waals surface area contributed by atoms with E-state index in [-0.39, 0.29) is 11.6 Å². The summed E-state index contributed by atoms with van der Waals surface area (Å²) in [6, 6.07) is -1.11. The van der Waals surface area contributed by atoms with Crippen molar-refractivity contribution in [1.29, 1.82) is 0 Å². The fraction of sp³-hybridized carbons (Fsp3) is 0.727. The molecule has 1 amide bonds. The first kappa shape index (κ1) is 15.6. The van der Waals surface area contributed by atoms with Crippen LogP contribution < -0.4 is 5.32 Å². The molecule has 0 aromatic rings. The highest BCUT2D eigenvalue weighted by atomic mass is 35.5. The van der Waals surface area contributed by atoms with E-state index >= 15 is 0 Å². The Morgan fingerprint density at radius 3 is 2.68 bits per heavy atom. The molecular formula is C11H17ClN2O5. The molecule has 8 heteroatoms. The van der Waals surface area contributed by atoms with E-state index in [2.05, 4.69) is 10.5 Å². The number of carboxylic acid groups (broad SMARTS) is 1. The SMILES string of the molecule is CC(C)(C)OC(=O)N[C@@H](CC1CC(Cl)=NO1)C(=O)O. The van der Waals surface area contributed by atoms with Crippen molar-refractivity contribution in [2.75, 3.05) is 0 Å². The molecule has 0 aromatic carbocycles. The number of amides is 1. The highest BCUT2D eigenvalue weighted by Crippen LogP contribution is 2.18. The zero-order chi connectivity index (χ0) is 14.6. The van der Waals surface area contributed by atoms with Gasteiger partial charge in [-0.25, -0.2) is 9.59 Å². The Morgan fingerprint density at radius 1 is 1.63 bits per heavy atom. The van der Waals surface area contributed by atoms with Crippen molar-refractivity contribution < 1.29 is 24.3 Å². The number of hydrogen-bond acceptors (Lipinski definition) is 5. The van der Waals surface area contributed by atoms with Crippen LogP contribution in [0, 0.1) is 0 Å². The monoisotopic (exact) mass is 292 g/mol. The van der Waals surface area contributed by atoms with Crippen molar-refractivity contribution in [2.24, 2.45) is 5.16 Å². The highest BCUT2D eigenvalue weighted by molar-refractivity contribution is 6.65. The number of rotatable bonds is 4. The third-order valence-electron chi connectivity index (χ3n) is 2.18. The summed E-state index contributed by atoms with van der Waals surface area (Å²) < 4.78 is 5.00. The van der Waals surface area contributed by atoms with E-state index in [1.807, 2.05) is 0 Å². The summed E-state index contributed by atoms with van der Waals surface area (Å²) in [5.41, 5.74) is -0.691. The summed E-state index contributed by atoms with van der Waals surface area (Å²) >= 11 is 5.63. The number of oxime groups is 1. The molecule has 108 valence electrons. The van der Waals surface area contributed by atoms with Crippen LogP contribution >= 0.6 is 11.6 Å². The Kier molecular flexibility index (Phi) is 4.99. The number of carboxylic acids is 1. The predicted molar refractivity (Wildman–Crippen MR) is 68.2 cm³/mol. The highest BCUT2D eigenvalue weighted by Gasteiger charge is 2.30. The number of ether oxygens (including phenoxy) is 1. The first-order chi connectivity index (χ1) is 8.67. The first-order valence-corrected chi connectivity index (χ1v) is 6.15. The molecule has 7 nitrogen and oxygen atoms in total. The average Bonchev–Trinajstić information content (AvgIpc) is 2.60. The molecule has 1 unspecified atom stereocenters. The molecule has 1 aliphatic heterocycles. The van der Waals surface area contributed by atoms with E-state index in [4.69, 9.17) is 26.3 Å². The molecule has 1 heterocycles. The normalized spacial score (nSPS) is 20.2. The summed E-state index contributed by atoms with van der Waals surface area (Å²) in [4.78, 5) is 27.5. The van der Waals surface area contributed by atoms with Gasteiger partial charge in [0.2, 0.25) is 0 Å². The fourth-order valence-electron chi connectivity index (χ4n) is 1.45. The van der Waals surface area contributed by atoms with Crippen LogP contribution in [0.4, 0.5) is 4.79 Å². The molecule has 0 saturated heterocycles. The molecule has 0 aromatic heterocycles. The van der Waals surface area contributed by atoms with Gasteiger partial charge in [0.1, 0.15) is 22.9 Å². The number of nitrogens with one attached hydrogen (secondary N) is 1. The minimum atomic E-state index is -1.17. The molecule has 0 radical (unpaired) electrons. The van der Waals surface area contributed by atoms with Crippen molar-refractivity contribution in [3.05, 3.63) is 0 Å². The van der Waals surface area contributed by atoms with Crippen LogP contribution in [0.1, 0.15) is 33.6 Å². The third kappa shape index (κ3) is 5.78. The van der Waals surface area contributed by atoms with Crippen LogP contribution in [0.15, 0.2) is 5.16 Å². The van der Waals surface area contributed by atoms with Gasteiger partial charge in [-0.05, 0) is 20.8 Å². The smallest absolute Gasteiger partial charge is 0.408 e. The van der Waals surface area contributed by atoms with Crippen LogP contribution in [0.5, 0.6) is 0 Å². The predicted octanol–water partition coefficient (Wildman–Crippen LogP) is 1.70. The fourth-order valence-corrected chi connectivity index (χ4v) is 1.67. The van der Waals surface area contributed by atoms with Crippen LogP contribution in [-0.2, 0) is 14.4 Å². The molecule has 1 rings (SSSR count). The Labute approximate surface area is 115 Å². The lowest BCUT2D eigenvalue weighted by atomic mass is 10.1. The van der Waals surface area contributed by atoms with Crippen LogP contribution in [0.3, 0.4) is 0 Å². The van der Waals surface area contributed by atoms with E-state index in [0.717, 1.165) is 0 Å². The standard InChI is InChI=1S/C11H17ClN2O5/c1-11(2,3)18-10(17)13-7(9(15)16)4-6-5-8(12)14-19-6/h6-7H,4-5H2,1-3H3,(H,13,17)(H,15,16)/t6?,7-/m0/s1. The van der Waals surface area contributed by atoms with Crippen molar-refractivity contribution in [3.8, 4) is 0 Å². The van der Waals surface area contributed by atoms with Gasteiger partial charge in [-0.15, -0.1) is 0 Å². The van der Waals surface area contributed by atoms with Crippen molar-refractivity contribution in [2.45, 2.75) is 51.4 Å². The maximum absolute atomic E-state index is 11.5. The molecule has 0 aliphatic carbocycles. The lowest BCUT2D eigenvalue weighted by Crippen LogP contribution is -2.45. The molecule has 1 aliphatic rings. The number of hydrogen-bond donors (Lipinski definition) is 2. The molecule has 2 atom stereocenters. The molecule has 0 bridgehead atoms. The number of alkyl carbamates (subject to hydrolysis) is 1. The second kappa shape index (κ2) is 6.10. The maximum Gasteiger partial charge on any atom is 0.408 e.